The molecular formula is C64H60BN3OS. The highest BCUT2D eigenvalue weighted by Gasteiger charge is 2.48. The summed E-state index contributed by atoms with van der Waals surface area (Å²) in [5, 5.41) is 4.94. The van der Waals surface area contributed by atoms with Crippen LogP contribution in [-0.2, 0) is 16.2 Å². The van der Waals surface area contributed by atoms with Gasteiger partial charge < -0.3 is 18.8 Å². The fourth-order valence-electron chi connectivity index (χ4n) is 12.2. The number of hydrogen-bond donors (Lipinski definition) is 0. The summed E-state index contributed by atoms with van der Waals surface area (Å²) in [6, 6.07) is 50.8. The summed E-state index contributed by atoms with van der Waals surface area (Å²) < 4.78 is 12.4. The zero-order chi connectivity index (χ0) is 48.3. The monoisotopic (exact) mass is 929 g/mol. The van der Waals surface area contributed by atoms with Crippen LogP contribution >= 0.6 is 11.3 Å². The van der Waals surface area contributed by atoms with Crippen molar-refractivity contribution in [3.05, 3.63) is 185 Å². The summed E-state index contributed by atoms with van der Waals surface area (Å²) in [5.41, 5.74) is 22.5. The maximum Gasteiger partial charge on any atom is 0.247 e. The van der Waals surface area contributed by atoms with Gasteiger partial charge in [-0.2, -0.15) is 0 Å². The fourth-order valence-corrected chi connectivity index (χ4v) is 13.4. The van der Waals surface area contributed by atoms with E-state index in [9.17, 15) is 0 Å². The first-order chi connectivity index (χ1) is 33.5. The normalized spacial score (nSPS) is 15.8. The van der Waals surface area contributed by atoms with Crippen molar-refractivity contribution in [3.63, 3.8) is 0 Å². The Kier molecular flexibility index (Phi) is 9.20. The van der Waals surface area contributed by atoms with Crippen molar-refractivity contribution in [2.75, 3.05) is 9.80 Å². The van der Waals surface area contributed by atoms with E-state index >= 15 is 0 Å². The summed E-state index contributed by atoms with van der Waals surface area (Å²) in [7, 11) is 0. The molecule has 13 rings (SSSR count). The number of rotatable bonds is 4. The number of hydrogen-bond acceptors (Lipinski definition) is 4. The Balaban J connectivity index is 1.12. The lowest BCUT2D eigenvalue weighted by Gasteiger charge is -2.48. The average molecular weight is 930 g/mol. The first kappa shape index (κ1) is 43.3. The van der Waals surface area contributed by atoms with E-state index in [1.807, 2.05) is 11.3 Å². The summed E-state index contributed by atoms with van der Waals surface area (Å²) in [6.07, 6.45) is 5.77. The summed E-state index contributed by atoms with van der Waals surface area (Å²) >= 11 is 1.93. The lowest BCUT2D eigenvalue weighted by atomic mass is 9.31. The van der Waals surface area contributed by atoms with Crippen molar-refractivity contribution < 1.29 is 4.42 Å². The smallest absolute Gasteiger partial charge is 0.247 e. The number of nitrogens with zero attached hydrogens (tertiary/aromatic N) is 3. The minimum atomic E-state index is -0.130. The molecule has 5 heterocycles. The van der Waals surface area contributed by atoms with Gasteiger partial charge in [0.15, 0.2) is 5.58 Å². The number of allylic oxidation sites excluding steroid dienone is 2. The molecule has 0 bridgehead atoms. The summed E-state index contributed by atoms with van der Waals surface area (Å²) in [6.45, 7) is 25.6. The van der Waals surface area contributed by atoms with E-state index in [1.165, 1.54) is 104 Å². The van der Waals surface area contributed by atoms with Crippen LogP contribution < -0.4 is 20.7 Å². The number of aromatic nitrogens is 1. The van der Waals surface area contributed by atoms with Crippen molar-refractivity contribution in [1.82, 2.24) is 4.57 Å². The molecular weight excluding hydrogens is 870 g/mol. The molecule has 0 radical (unpaired) electrons. The highest BCUT2D eigenvalue weighted by Crippen LogP contribution is 2.51. The largest absolute Gasteiger partial charge is 0.454 e. The molecule has 1 aliphatic carbocycles. The van der Waals surface area contributed by atoms with Gasteiger partial charge in [0.1, 0.15) is 5.58 Å². The molecule has 2 aliphatic heterocycles. The van der Waals surface area contributed by atoms with E-state index in [0.717, 1.165) is 34.0 Å². The molecule has 3 aromatic heterocycles. The Morgan fingerprint density at radius 1 is 0.571 bits per heavy atom. The maximum atomic E-state index is 7.04. The van der Waals surface area contributed by atoms with Crippen LogP contribution in [0.15, 0.2) is 161 Å². The molecule has 346 valence electrons. The van der Waals surface area contributed by atoms with Gasteiger partial charge >= 0.3 is 0 Å². The molecule has 0 saturated carbocycles. The number of anilines is 4. The second-order valence-electron chi connectivity index (χ2n) is 23.5. The first-order valence-electron chi connectivity index (χ1n) is 25.2. The standard InChI is InChI=1S/C64H60BN3OS/c1-37-32-39(62(3,4)5)26-30-49(37)66(50-31-27-40(33-38(50)2)63(6,7)8)42-28-29-47-52(36-42)67(51-23-17-20-44-43-18-12-14-24-55(43)69-60(44)51)53-34-41(64(9,10)11)35-54-57(53)65(47)48-22-16-21-46-58(48)68(54)59-45-19-13-15-25-56(45)70-61(46)59/h12-35,52H,36H2,1-11H3. The third kappa shape index (κ3) is 6.27. The Bertz CT molecular complexity index is 3870. The molecule has 70 heavy (non-hydrogen) atoms. The Morgan fingerprint density at radius 3 is 1.87 bits per heavy atom. The van der Waals surface area contributed by atoms with Crippen LogP contribution in [0.2, 0.25) is 0 Å². The minimum absolute atomic E-state index is 0.0312. The molecule has 6 heteroatoms. The quantitative estimate of drug-likeness (QED) is 0.164. The number of aryl methyl sites for hydroxylation is 2. The van der Waals surface area contributed by atoms with E-state index in [2.05, 4.69) is 236 Å². The van der Waals surface area contributed by atoms with Gasteiger partial charge in [-0.3, -0.25) is 0 Å². The van der Waals surface area contributed by atoms with Gasteiger partial charge in [0.2, 0.25) is 6.71 Å². The zero-order valence-electron chi connectivity index (χ0n) is 42.4. The molecule has 7 aromatic carbocycles. The van der Waals surface area contributed by atoms with Gasteiger partial charge in [-0.05, 0) is 117 Å². The van der Waals surface area contributed by atoms with Crippen LogP contribution in [0.5, 0.6) is 0 Å². The third-order valence-electron chi connectivity index (χ3n) is 15.9. The third-order valence-corrected chi connectivity index (χ3v) is 17.1. The van der Waals surface area contributed by atoms with Crippen LogP contribution in [-0.4, -0.2) is 17.3 Å². The number of benzene rings is 7. The highest BCUT2D eigenvalue weighted by molar-refractivity contribution is 7.26. The van der Waals surface area contributed by atoms with Crippen molar-refractivity contribution >= 4 is 105 Å². The van der Waals surface area contributed by atoms with Crippen molar-refractivity contribution in [3.8, 4) is 5.69 Å². The Labute approximate surface area is 416 Å². The number of para-hydroxylation sites is 3. The van der Waals surface area contributed by atoms with Crippen molar-refractivity contribution in [2.45, 2.75) is 105 Å². The van der Waals surface area contributed by atoms with E-state index in [1.54, 1.807) is 0 Å². The molecule has 0 spiro atoms. The van der Waals surface area contributed by atoms with Gasteiger partial charge in [0.05, 0.1) is 27.5 Å². The van der Waals surface area contributed by atoms with E-state index < -0.39 is 0 Å². The molecule has 1 atom stereocenters. The van der Waals surface area contributed by atoms with Gasteiger partial charge in [-0.15, -0.1) is 11.3 Å². The molecule has 10 aromatic rings. The molecule has 0 saturated heterocycles. The summed E-state index contributed by atoms with van der Waals surface area (Å²) in [5.74, 6) is 0. The lowest BCUT2D eigenvalue weighted by Crippen LogP contribution is -2.60. The van der Waals surface area contributed by atoms with E-state index in [0.29, 0.717) is 0 Å². The molecule has 3 aliphatic rings. The van der Waals surface area contributed by atoms with E-state index in [-0.39, 0.29) is 29.0 Å². The molecule has 4 nitrogen and oxygen atoms in total. The van der Waals surface area contributed by atoms with Gasteiger partial charge in [0.25, 0.3) is 0 Å². The van der Waals surface area contributed by atoms with Crippen LogP contribution in [0.3, 0.4) is 0 Å². The van der Waals surface area contributed by atoms with Crippen molar-refractivity contribution in [2.24, 2.45) is 0 Å². The minimum Gasteiger partial charge on any atom is -0.454 e. The zero-order valence-corrected chi connectivity index (χ0v) is 43.2. The summed E-state index contributed by atoms with van der Waals surface area (Å²) in [4.78, 5) is 5.30. The van der Waals surface area contributed by atoms with Crippen molar-refractivity contribution in [1.29, 1.82) is 0 Å². The number of fused-ring (bicyclic) bond motifs is 12. The SMILES string of the molecule is Cc1cc(C(C)(C)C)ccc1N(C1=CC=C2B3c4c(cc(C(C)(C)C)cc4-n4c5c3cccc5c3sc5ccccc5c34)N(c3cccc4c3oc3ccccc34)C2C1)c1ccc(C(C)(C)C)cc1C. The maximum absolute atomic E-state index is 7.04. The van der Waals surface area contributed by atoms with Gasteiger partial charge in [-0.25, -0.2) is 0 Å². The number of furan rings is 1. The fraction of sp³-hybridized carbons (Fsp3) is 0.250. The van der Waals surface area contributed by atoms with Gasteiger partial charge in [-0.1, -0.05) is 165 Å². The Hall–Kier alpha value is -6.76. The van der Waals surface area contributed by atoms with Crippen LogP contribution in [0, 0.1) is 13.8 Å². The predicted octanol–water partition coefficient (Wildman–Crippen LogP) is 16.4. The van der Waals surface area contributed by atoms with Crippen LogP contribution in [0.25, 0.3) is 58.8 Å². The predicted molar refractivity (Wildman–Crippen MR) is 302 cm³/mol. The topological polar surface area (TPSA) is 24.6 Å². The number of thiophene rings is 1. The second kappa shape index (κ2) is 14.9. The molecule has 0 amide bonds. The molecule has 1 unspecified atom stereocenters. The van der Waals surface area contributed by atoms with E-state index in [4.69, 9.17) is 4.42 Å². The molecule has 0 fully saturated rings. The highest BCUT2D eigenvalue weighted by atomic mass is 32.1. The lowest BCUT2D eigenvalue weighted by molar-refractivity contribution is 0.589. The Morgan fingerprint density at radius 2 is 1.19 bits per heavy atom. The molecule has 0 N–H and O–H groups in total. The first-order valence-corrected chi connectivity index (χ1v) is 26.0. The van der Waals surface area contributed by atoms with Crippen LogP contribution in [0.4, 0.5) is 22.7 Å². The van der Waals surface area contributed by atoms with Gasteiger partial charge in [0, 0.05) is 61.1 Å². The van der Waals surface area contributed by atoms with Crippen LogP contribution in [0.1, 0.15) is 96.6 Å². The second-order valence-corrected chi connectivity index (χ2v) is 24.5. The average Bonchev–Trinajstić information content (AvgIpc) is 4.00.